The van der Waals surface area contributed by atoms with Crippen molar-refractivity contribution in [1.29, 1.82) is 0 Å². The van der Waals surface area contributed by atoms with Gasteiger partial charge in [-0.3, -0.25) is 4.79 Å². The van der Waals surface area contributed by atoms with Crippen LogP contribution in [0, 0.1) is 6.92 Å². The lowest BCUT2D eigenvalue weighted by Crippen LogP contribution is -2.31. The van der Waals surface area contributed by atoms with Crippen LogP contribution in [0.3, 0.4) is 0 Å². The van der Waals surface area contributed by atoms with Gasteiger partial charge in [-0.2, -0.15) is 0 Å². The molecule has 1 amide bonds. The first kappa shape index (κ1) is 20.6. The number of rotatable bonds is 9. The molecule has 152 valence electrons. The number of hydrogen-bond acceptors (Lipinski definition) is 3. The van der Waals surface area contributed by atoms with Crippen molar-refractivity contribution in [3.05, 3.63) is 83.4 Å². The average molecular weight is 392 g/mol. The summed E-state index contributed by atoms with van der Waals surface area (Å²) < 4.78 is 7.91. The Hall–Kier alpha value is -3.08. The molecule has 1 aromatic heterocycles. The summed E-state index contributed by atoms with van der Waals surface area (Å²) in [6, 6.07) is 16.4. The monoisotopic (exact) mass is 391 g/mol. The van der Waals surface area contributed by atoms with Gasteiger partial charge >= 0.3 is 0 Å². The van der Waals surface area contributed by atoms with Crippen LogP contribution >= 0.6 is 0 Å². The number of hydrogen-bond donors (Lipinski definition) is 1. The minimum Gasteiger partial charge on any atom is -0.483 e. The highest BCUT2D eigenvalue weighted by atomic mass is 16.5. The van der Waals surface area contributed by atoms with Crippen molar-refractivity contribution in [3.8, 4) is 5.75 Å². The lowest BCUT2D eigenvalue weighted by atomic mass is 10.0. The van der Waals surface area contributed by atoms with Gasteiger partial charge in [0, 0.05) is 31.9 Å². The van der Waals surface area contributed by atoms with Gasteiger partial charge in [0.2, 0.25) is 0 Å². The van der Waals surface area contributed by atoms with Gasteiger partial charge in [0.1, 0.15) is 11.6 Å². The molecule has 0 saturated carbocycles. The minimum absolute atomic E-state index is 0.0155. The largest absolute Gasteiger partial charge is 0.483 e. The van der Waals surface area contributed by atoms with Crippen molar-refractivity contribution < 1.29 is 9.53 Å². The van der Waals surface area contributed by atoms with E-state index in [0.29, 0.717) is 18.9 Å². The summed E-state index contributed by atoms with van der Waals surface area (Å²) in [4.78, 5) is 16.6. The first-order valence-electron chi connectivity index (χ1n) is 10.1. The number of imidazole rings is 1. The molecule has 0 radical (unpaired) electrons. The van der Waals surface area contributed by atoms with Crippen molar-refractivity contribution >= 4 is 5.91 Å². The van der Waals surface area contributed by atoms with Gasteiger partial charge < -0.3 is 14.6 Å². The second kappa shape index (κ2) is 9.92. The molecular formula is C24H29N3O2. The Morgan fingerprint density at radius 2 is 1.97 bits per heavy atom. The van der Waals surface area contributed by atoms with E-state index in [1.807, 2.05) is 37.4 Å². The molecule has 1 heterocycles. The zero-order chi connectivity index (χ0) is 20.6. The molecule has 0 spiro atoms. The maximum Gasteiger partial charge on any atom is 0.257 e. The van der Waals surface area contributed by atoms with Crippen molar-refractivity contribution in [2.75, 3.05) is 13.2 Å². The molecule has 29 heavy (non-hydrogen) atoms. The zero-order valence-corrected chi connectivity index (χ0v) is 17.4. The first-order valence-corrected chi connectivity index (χ1v) is 10.1. The molecule has 3 rings (SSSR count). The van der Waals surface area contributed by atoms with Crippen molar-refractivity contribution in [2.45, 2.75) is 39.7 Å². The fourth-order valence-electron chi connectivity index (χ4n) is 3.24. The highest BCUT2D eigenvalue weighted by Crippen LogP contribution is 2.27. The number of aryl methyl sites for hydroxylation is 1. The maximum atomic E-state index is 12.2. The van der Waals surface area contributed by atoms with Gasteiger partial charge in [0.25, 0.3) is 5.91 Å². The van der Waals surface area contributed by atoms with Crippen molar-refractivity contribution in [2.24, 2.45) is 0 Å². The molecule has 3 aromatic rings. The highest BCUT2D eigenvalue weighted by molar-refractivity contribution is 5.77. The third-order valence-electron chi connectivity index (χ3n) is 4.82. The van der Waals surface area contributed by atoms with Crippen LogP contribution in [-0.2, 0) is 17.8 Å². The number of benzene rings is 2. The number of nitrogens with one attached hydrogen (secondary N) is 1. The van der Waals surface area contributed by atoms with Crippen molar-refractivity contribution in [3.63, 3.8) is 0 Å². The van der Waals surface area contributed by atoms with Gasteiger partial charge in [-0.1, -0.05) is 56.3 Å². The van der Waals surface area contributed by atoms with Crippen LogP contribution in [0.1, 0.15) is 42.3 Å². The summed E-state index contributed by atoms with van der Waals surface area (Å²) in [6.07, 6.45) is 4.44. The van der Waals surface area contributed by atoms with E-state index in [2.05, 4.69) is 53.0 Å². The molecular weight excluding hydrogens is 362 g/mol. The summed E-state index contributed by atoms with van der Waals surface area (Å²) >= 11 is 0. The highest BCUT2D eigenvalue weighted by Gasteiger charge is 2.11. The molecule has 0 saturated heterocycles. The molecule has 0 atom stereocenters. The van der Waals surface area contributed by atoms with Crippen LogP contribution in [0.4, 0.5) is 0 Å². The van der Waals surface area contributed by atoms with Gasteiger partial charge in [-0.25, -0.2) is 4.98 Å². The Bertz CT molecular complexity index is 932. The van der Waals surface area contributed by atoms with E-state index >= 15 is 0 Å². The first-order chi connectivity index (χ1) is 14.0. The fraction of sp³-hybridized carbons (Fsp3) is 0.333. The number of ether oxygens (including phenoxy) is 1. The van der Waals surface area contributed by atoms with Crippen LogP contribution in [0.2, 0.25) is 0 Å². The topological polar surface area (TPSA) is 56.1 Å². The molecule has 1 N–H and O–H groups in total. The van der Waals surface area contributed by atoms with E-state index in [-0.39, 0.29) is 12.5 Å². The fourth-order valence-corrected chi connectivity index (χ4v) is 3.24. The summed E-state index contributed by atoms with van der Waals surface area (Å²) in [5.74, 6) is 1.96. The summed E-state index contributed by atoms with van der Waals surface area (Å²) in [5.41, 5.74) is 3.46. The van der Waals surface area contributed by atoms with E-state index in [9.17, 15) is 4.79 Å². The Morgan fingerprint density at radius 3 is 2.72 bits per heavy atom. The van der Waals surface area contributed by atoms with Crippen LogP contribution in [0.5, 0.6) is 5.75 Å². The Kier molecular flexibility index (Phi) is 7.06. The Balaban J connectivity index is 1.48. The number of carbonyl (C=O) groups is 1. The van der Waals surface area contributed by atoms with E-state index < -0.39 is 0 Å². The number of amides is 1. The Morgan fingerprint density at radius 1 is 1.17 bits per heavy atom. The van der Waals surface area contributed by atoms with Gasteiger partial charge in [-0.15, -0.1) is 0 Å². The molecule has 0 unspecified atom stereocenters. The van der Waals surface area contributed by atoms with E-state index in [0.717, 1.165) is 29.2 Å². The minimum atomic E-state index is -0.123. The lowest BCUT2D eigenvalue weighted by molar-refractivity contribution is -0.123. The maximum absolute atomic E-state index is 12.2. The molecule has 2 aromatic carbocycles. The average Bonchev–Trinajstić information content (AvgIpc) is 3.14. The van der Waals surface area contributed by atoms with Crippen LogP contribution < -0.4 is 10.1 Å². The molecule has 5 nitrogen and oxygen atoms in total. The van der Waals surface area contributed by atoms with E-state index in [1.165, 1.54) is 5.56 Å². The zero-order valence-electron chi connectivity index (χ0n) is 17.4. The third kappa shape index (κ3) is 5.95. The molecule has 0 fully saturated rings. The quantitative estimate of drug-likeness (QED) is 0.597. The normalized spacial score (nSPS) is 10.9. The summed E-state index contributed by atoms with van der Waals surface area (Å²) in [7, 11) is 0. The smallest absolute Gasteiger partial charge is 0.257 e. The van der Waals surface area contributed by atoms with E-state index in [4.69, 9.17) is 4.74 Å². The van der Waals surface area contributed by atoms with Gasteiger partial charge in [0.05, 0.1) is 0 Å². The molecule has 0 aliphatic heterocycles. The SMILES string of the molecule is Cc1ccc(C(C)C)c(OCC(=O)NCCc2nccn2Cc2ccccc2)c1. The predicted octanol–water partition coefficient (Wildman–Crippen LogP) is 4.10. The Labute approximate surface area is 172 Å². The van der Waals surface area contributed by atoms with Gasteiger partial charge in [0.15, 0.2) is 6.61 Å². The van der Waals surface area contributed by atoms with Crippen LogP contribution in [0.15, 0.2) is 60.9 Å². The molecule has 0 aliphatic carbocycles. The molecule has 5 heteroatoms. The standard InChI is InChI=1S/C24H29N3O2/c1-18(2)21-10-9-19(3)15-22(21)29-17-24(28)26-12-11-23-25-13-14-27(23)16-20-7-5-4-6-8-20/h4-10,13-15,18H,11-12,16-17H2,1-3H3,(H,26,28). The number of aromatic nitrogens is 2. The lowest BCUT2D eigenvalue weighted by Gasteiger charge is -2.15. The van der Waals surface area contributed by atoms with Crippen LogP contribution in [-0.4, -0.2) is 28.6 Å². The van der Waals surface area contributed by atoms with Gasteiger partial charge in [-0.05, 0) is 35.6 Å². The second-order valence-corrected chi connectivity index (χ2v) is 7.54. The van der Waals surface area contributed by atoms with Crippen molar-refractivity contribution in [1.82, 2.24) is 14.9 Å². The summed E-state index contributed by atoms with van der Waals surface area (Å²) in [5, 5.41) is 2.93. The molecule has 0 aliphatic rings. The van der Waals surface area contributed by atoms with Crippen LogP contribution in [0.25, 0.3) is 0 Å². The second-order valence-electron chi connectivity index (χ2n) is 7.54. The number of carbonyl (C=O) groups excluding carboxylic acids is 1. The third-order valence-corrected chi connectivity index (χ3v) is 4.82. The number of nitrogens with zero attached hydrogens (tertiary/aromatic N) is 2. The predicted molar refractivity (Wildman–Crippen MR) is 115 cm³/mol. The summed E-state index contributed by atoms with van der Waals surface area (Å²) in [6.45, 7) is 7.58. The molecule has 0 bridgehead atoms. The van der Waals surface area contributed by atoms with E-state index in [1.54, 1.807) is 6.20 Å².